The SMILES string of the molecule is NS(=O)(=O)c1ccc(CCNc2ncnc3cc(-c4ccc(F)cc4)sc23)cc1. The Hall–Kier alpha value is -2.88. The number of hydrogen-bond acceptors (Lipinski definition) is 6. The number of benzene rings is 2. The third-order valence-corrected chi connectivity index (χ3v) is 6.51. The second-order valence-corrected chi connectivity index (χ2v) is 9.03. The quantitative estimate of drug-likeness (QED) is 0.487. The van der Waals surface area contributed by atoms with Crippen molar-refractivity contribution >= 4 is 37.4 Å². The Kier molecular flexibility index (Phi) is 5.27. The molecule has 0 saturated carbocycles. The molecule has 0 spiro atoms. The maximum atomic E-state index is 13.2. The molecule has 2 aromatic carbocycles. The van der Waals surface area contributed by atoms with Crippen LogP contribution < -0.4 is 10.5 Å². The number of nitrogens with two attached hydrogens (primary N) is 1. The van der Waals surface area contributed by atoms with Crippen LogP contribution in [0.2, 0.25) is 0 Å². The number of anilines is 1. The van der Waals surface area contributed by atoms with Crippen LogP contribution in [0, 0.1) is 5.82 Å². The fraction of sp³-hybridized carbons (Fsp3) is 0.100. The standard InChI is InChI=1S/C20H17FN4O2S2/c21-15-5-3-14(4-6-15)18-11-17-19(28-18)20(25-12-24-17)23-10-9-13-1-7-16(8-2-13)29(22,26)27/h1-8,11-12H,9-10H2,(H2,22,26,27)(H,23,24,25). The van der Waals surface area contributed by atoms with Crippen molar-refractivity contribution in [2.75, 3.05) is 11.9 Å². The highest BCUT2D eigenvalue weighted by atomic mass is 32.2. The fourth-order valence-corrected chi connectivity index (χ4v) is 4.51. The molecule has 4 aromatic rings. The van der Waals surface area contributed by atoms with E-state index in [4.69, 9.17) is 5.14 Å². The largest absolute Gasteiger partial charge is 0.368 e. The molecule has 2 heterocycles. The molecule has 6 nitrogen and oxygen atoms in total. The third kappa shape index (κ3) is 4.42. The Morgan fingerprint density at radius 3 is 2.45 bits per heavy atom. The van der Waals surface area contributed by atoms with E-state index in [1.807, 2.05) is 6.07 Å². The zero-order valence-corrected chi connectivity index (χ0v) is 16.8. The Labute approximate surface area is 171 Å². The van der Waals surface area contributed by atoms with Crippen molar-refractivity contribution in [1.29, 1.82) is 0 Å². The summed E-state index contributed by atoms with van der Waals surface area (Å²) in [5.41, 5.74) is 2.73. The predicted molar refractivity (Wildman–Crippen MR) is 113 cm³/mol. The smallest absolute Gasteiger partial charge is 0.238 e. The zero-order chi connectivity index (χ0) is 20.4. The van der Waals surface area contributed by atoms with Gasteiger partial charge in [0.2, 0.25) is 10.0 Å². The number of sulfonamides is 1. The van der Waals surface area contributed by atoms with Crippen LogP contribution in [0.5, 0.6) is 0 Å². The van der Waals surface area contributed by atoms with Gasteiger partial charge in [0.1, 0.15) is 18.0 Å². The summed E-state index contributed by atoms with van der Waals surface area (Å²) >= 11 is 1.54. The van der Waals surface area contributed by atoms with Gasteiger partial charge >= 0.3 is 0 Å². The Balaban J connectivity index is 1.49. The molecule has 0 amide bonds. The van der Waals surface area contributed by atoms with Gasteiger partial charge < -0.3 is 5.32 Å². The average molecular weight is 429 g/mol. The van der Waals surface area contributed by atoms with Gasteiger partial charge in [-0.15, -0.1) is 11.3 Å². The van der Waals surface area contributed by atoms with Crippen LogP contribution in [0.1, 0.15) is 5.56 Å². The molecular formula is C20H17FN4O2S2. The second kappa shape index (κ2) is 7.86. The van der Waals surface area contributed by atoms with Crippen molar-refractivity contribution in [1.82, 2.24) is 9.97 Å². The molecule has 0 saturated heterocycles. The van der Waals surface area contributed by atoms with Crippen LogP contribution in [-0.2, 0) is 16.4 Å². The highest BCUT2D eigenvalue weighted by molar-refractivity contribution is 7.89. The fourth-order valence-electron chi connectivity index (χ4n) is 2.91. The molecule has 0 aliphatic rings. The minimum atomic E-state index is -3.68. The lowest BCUT2D eigenvalue weighted by Gasteiger charge is -2.07. The number of nitrogens with zero attached hydrogens (tertiary/aromatic N) is 2. The number of hydrogen-bond donors (Lipinski definition) is 2. The molecule has 0 aliphatic heterocycles. The number of rotatable bonds is 6. The lowest BCUT2D eigenvalue weighted by molar-refractivity contribution is 0.597. The van der Waals surface area contributed by atoms with Gasteiger partial charge in [0.25, 0.3) is 0 Å². The van der Waals surface area contributed by atoms with E-state index in [0.717, 1.165) is 32.0 Å². The molecule has 29 heavy (non-hydrogen) atoms. The van der Waals surface area contributed by atoms with Gasteiger partial charge in [-0.1, -0.05) is 24.3 Å². The van der Waals surface area contributed by atoms with Crippen LogP contribution in [0.15, 0.2) is 65.8 Å². The number of nitrogens with one attached hydrogen (secondary N) is 1. The number of primary sulfonamides is 1. The molecule has 4 rings (SSSR count). The molecule has 9 heteroatoms. The van der Waals surface area contributed by atoms with Crippen molar-refractivity contribution in [2.24, 2.45) is 5.14 Å². The molecule has 0 fully saturated rings. The summed E-state index contributed by atoms with van der Waals surface area (Å²) in [4.78, 5) is 9.74. The van der Waals surface area contributed by atoms with E-state index in [2.05, 4.69) is 15.3 Å². The monoisotopic (exact) mass is 428 g/mol. The summed E-state index contributed by atoms with van der Waals surface area (Å²) in [7, 11) is -3.68. The Morgan fingerprint density at radius 1 is 1.03 bits per heavy atom. The van der Waals surface area contributed by atoms with Crippen LogP contribution in [0.4, 0.5) is 10.2 Å². The van der Waals surface area contributed by atoms with Crippen molar-refractivity contribution in [3.05, 3.63) is 72.3 Å². The van der Waals surface area contributed by atoms with Crippen molar-refractivity contribution < 1.29 is 12.8 Å². The summed E-state index contributed by atoms with van der Waals surface area (Å²) in [6.45, 7) is 0.616. The van der Waals surface area contributed by atoms with Gasteiger partial charge in [0.05, 0.1) is 15.1 Å². The zero-order valence-electron chi connectivity index (χ0n) is 15.2. The van der Waals surface area contributed by atoms with Gasteiger partial charge in [0, 0.05) is 11.4 Å². The Morgan fingerprint density at radius 2 is 1.76 bits per heavy atom. The number of fused-ring (bicyclic) bond motifs is 1. The van der Waals surface area contributed by atoms with E-state index in [-0.39, 0.29) is 10.7 Å². The minimum Gasteiger partial charge on any atom is -0.368 e. The summed E-state index contributed by atoms with van der Waals surface area (Å²) in [6, 6.07) is 14.8. The van der Waals surface area contributed by atoms with Crippen LogP contribution in [-0.4, -0.2) is 24.9 Å². The van der Waals surface area contributed by atoms with Gasteiger partial charge in [-0.25, -0.2) is 27.9 Å². The van der Waals surface area contributed by atoms with E-state index in [9.17, 15) is 12.8 Å². The van der Waals surface area contributed by atoms with E-state index < -0.39 is 10.0 Å². The van der Waals surface area contributed by atoms with Gasteiger partial charge in [-0.05, 0) is 47.9 Å². The summed E-state index contributed by atoms with van der Waals surface area (Å²) in [6.07, 6.45) is 2.19. The average Bonchev–Trinajstić information content (AvgIpc) is 3.13. The molecular weight excluding hydrogens is 411 g/mol. The van der Waals surface area contributed by atoms with Gasteiger partial charge in [-0.3, -0.25) is 0 Å². The van der Waals surface area contributed by atoms with E-state index >= 15 is 0 Å². The van der Waals surface area contributed by atoms with E-state index in [1.54, 1.807) is 35.6 Å². The maximum Gasteiger partial charge on any atom is 0.238 e. The summed E-state index contributed by atoms with van der Waals surface area (Å²) in [5.74, 6) is 0.462. The molecule has 0 aliphatic carbocycles. The molecule has 148 valence electrons. The highest BCUT2D eigenvalue weighted by Gasteiger charge is 2.11. The second-order valence-electron chi connectivity index (χ2n) is 6.42. The first-order chi connectivity index (χ1) is 13.9. The summed E-state index contributed by atoms with van der Waals surface area (Å²) < 4.78 is 36.7. The molecule has 2 aromatic heterocycles. The van der Waals surface area contributed by atoms with Gasteiger partial charge in [0.15, 0.2) is 0 Å². The van der Waals surface area contributed by atoms with Crippen LogP contribution in [0.3, 0.4) is 0 Å². The minimum absolute atomic E-state index is 0.0960. The molecule has 3 N–H and O–H groups in total. The first-order valence-electron chi connectivity index (χ1n) is 8.76. The third-order valence-electron chi connectivity index (χ3n) is 4.40. The first kappa shape index (κ1) is 19.4. The predicted octanol–water partition coefficient (Wildman–Crippen LogP) is 3.80. The van der Waals surface area contributed by atoms with Crippen LogP contribution in [0.25, 0.3) is 20.7 Å². The topological polar surface area (TPSA) is 98.0 Å². The van der Waals surface area contributed by atoms with Crippen molar-refractivity contribution in [3.63, 3.8) is 0 Å². The molecule has 0 unspecified atom stereocenters. The van der Waals surface area contributed by atoms with Crippen molar-refractivity contribution in [3.8, 4) is 10.4 Å². The van der Waals surface area contributed by atoms with Gasteiger partial charge in [-0.2, -0.15) is 0 Å². The van der Waals surface area contributed by atoms with E-state index in [1.165, 1.54) is 30.6 Å². The van der Waals surface area contributed by atoms with E-state index in [0.29, 0.717) is 13.0 Å². The number of halogens is 1. The molecule has 0 bridgehead atoms. The maximum absolute atomic E-state index is 13.2. The summed E-state index contributed by atoms with van der Waals surface area (Å²) in [5, 5.41) is 8.43. The normalized spacial score (nSPS) is 11.7. The Bertz CT molecular complexity index is 1250. The molecule has 0 radical (unpaired) electrons. The number of aromatic nitrogens is 2. The lowest BCUT2D eigenvalue weighted by Crippen LogP contribution is -2.12. The first-order valence-corrected chi connectivity index (χ1v) is 11.1. The highest BCUT2D eigenvalue weighted by Crippen LogP contribution is 2.35. The van der Waals surface area contributed by atoms with Crippen molar-refractivity contribution in [2.45, 2.75) is 11.3 Å². The van der Waals surface area contributed by atoms with Crippen LogP contribution >= 0.6 is 11.3 Å². The number of thiophene rings is 1. The molecule has 0 atom stereocenters. The lowest BCUT2D eigenvalue weighted by atomic mass is 10.1.